The van der Waals surface area contributed by atoms with Gasteiger partial charge in [-0.15, -0.1) is 0 Å². The first-order chi connectivity index (χ1) is 7.95. The first-order valence-corrected chi connectivity index (χ1v) is 8.31. The summed E-state index contributed by atoms with van der Waals surface area (Å²) in [5.74, 6) is 0. The molecule has 4 rings (SSSR count). The first-order valence-electron chi connectivity index (χ1n) is 6.83. The van der Waals surface area contributed by atoms with Crippen LogP contribution in [-0.4, -0.2) is 11.3 Å². The van der Waals surface area contributed by atoms with Crippen LogP contribution in [0, 0.1) is 0 Å². The van der Waals surface area contributed by atoms with Gasteiger partial charge in [-0.2, -0.15) is 0 Å². The molecule has 0 aromatic carbocycles. The smallest absolute Gasteiger partial charge is 0.00869 e. The topological polar surface area (TPSA) is 0 Å². The Balaban J connectivity index is 1.76. The Morgan fingerprint density at radius 3 is 2.12 bits per heavy atom. The molecule has 1 fully saturated rings. The molecular weight excluding hydrogens is 211 g/mol. The molecule has 3 aliphatic carbocycles. The predicted molar refractivity (Wildman–Crippen MR) is 71.1 cm³/mol. The van der Waals surface area contributed by atoms with Gasteiger partial charge in [-0.05, 0) is 61.4 Å². The molecule has 84 valence electrons. The second kappa shape index (κ2) is 3.57. The van der Waals surface area contributed by atoms with Crippen molar-refractivity contribution < 1.29 is 0 Å². The van der Waals surface area contributed by atoms with E-state index in [1.165, 1.54) is 44.9 Å². The van der Waals surface area contributed by atoms with Crippen molar-refractivity contribution in [3.8, 4) is 0 Å². The molecule has 4 aliphatic rings. The van der Waals surface area contributed by atoms with Crippen molar-refractivity contribution in [2.75, 3.05) is 0 Å². The zero-order valence-corrected chi connectivity index (χ0v) is 10.7. The number of hydrogen-bond donors (Lipinski definition) is 0. The van der Waals surface area contributed by atoms with E-state index in [0.717, 1.165) is 11.3 Å². The molecule has 0 bridgehead atoms. The van der Waals surface area contributed by atoms with Crippen molar-refractivity contribution in [3.63, 3.8) is 0 Å². The molecule has 0 N–H and O–H groups in total. The highest BCUT2D eigenvalue weighted by Gasteiger charge is 2.46. The van der Waals surface area contributed by atoms with Crippen LogP contribution < -0.4 is 0 Å². The second-order valence-electron chi connectivity index (χ2n) is 5.50. The lowest BCUT2D eigenvalue weighted by molar-refractivity contribution is 0.895. The van der Waals surface area contributed by atoms with Crippen LogP contribution in [0.25, 0.3) is 0 Å². The summed E-state index contributed by atoms with van der Waals surface area (Å²) in [4.78, 5) is 0. The highest BCUT2D eigenvalue weighted by molar-refractivity contribution is 7.64. The number of allylic oxidation sites excluding steroid dienone is 6. The molecule has 0 amide bonds. The fourth-order valence-electron chi connectivity index (χ4n) is 4.08. The van der Waals surface area contributed by atoms with E-state index in [4.69, 9.17) is 0 Å². The molecule has 0 aromatic heterocycles. The lowest BCUT2D eigenvalue weighted by atomic mass is 10.1. The van der Waals surface area contributed by atoms with E-state index >= 15 is 0 Å². The molecule has 16 heavy (non-hydrogen) atoms. The summed E-state index contributed by atoms with van der Waals surface area (Å²) < 4.78 is 0. The Morgan fingerprint density at radius 2 is 1.56 bits per heavy atom. The number of hydrogen-bond acceptors (Lipinski definition) is 0. The molecule has 1 saturated heterocycles. The summed E-state index contributed by atoms with van der Waals surface area (Å²) in [6, 6.07) is 0. The van der Waals surface area contributed by atoms with Gasteiger partial charge in [0.25, 0.3) is 0 Å². The maximum atomic E-state index is 2.60. The van der Waals surface area contributed by atoms with Crippen LogP contribution in [0.5, 0.6) is 0 Å². The highest BCUT2D eigenvalue weighted by atomic mass is 31.1. The molecule has 0 radical (unpaired) electrons. The fraction of sp³-hybridized carbons (Fsp3) is 0.600. The number of rotatable bonds is 1. The molecule has 0 aromatic rings. The average molecular weight is 230 g/mol. The van der Waals surface area contributed by atoms with E-state index in [9.17, 15) is 0 Å². The van der Waals surface area contributed by atoms with Crippen molar-refractivity contribution >= 4 is 7.92 Å². The Morgan fingerprint density at radius 1 is 0.875 bits per heavy atom. The summed E-state index contributed by atoms with van der Waals surface area (Å²) in [6.07, 6.45) is 17.6. The van der Waals surface area contributed by atoms with Crippen molar-refractivity contribution in [2.45, 2.75) is 56.3 Å². The van der Waals surface area contributed by atoms with Crippen molar-refractivity contribution in [1.29, 1.82) is 0 Å². The minimum Gasteiger partial charge on any atom is -0.0808 e. The summed E-state index contributed by atoms with van der Waals surface area (Å²) in [5.41, 5.74) is 5.55. The maximum absolute atomic E-state index is 2.60. The molecule has 0 spiro atoms. The van der Waals surface area contributed by atoms with E-state index in [1.54, 1.807) is 11.1 Å². The molecule has 3 atom stereocenters. The van der Waals surface area contributed by atoms with Gasteiger partial charge >= 0.3 is 0 Å². The summed E-state index contributed by atoms with van der Waals surface area (Å²) in [6.45, 7) is 0. The predicted octanol–water partition coefficient (Wildman–Crippen LogP) is 4.73. The van der Waals surface area contributed by atoms with Crippen molar-refractivity contribution in [2.24, 2.45) is 0 Å². The van der Waals surface area contributed by atoms with E-state index in [1.807, 2.05) is 5.31 Å². The van der Waals surface area contributed by atoms with Gasteiger partial charge in [0.15, 0.2) is 0 Å². The largest absolute Gasteiger partial charge is 0.0808 e. The van der Waals surface area contributed by atoms with Crippen LogP contribution in [0.4, 0.5) is 0 Å². The Bertz CT molecular complexity index is 385. The van der Waals surface area contributed by atoms with Gasteiger partial charge in [0, 0.05) is 11.3 Å². The van der Waals surface area contributed by atoms with E-state index < -0.39 is 0 Å². The Kier molecular flexibility index (Phi) is 2.15. The van der Waals surface area contributed by atoms with Gasteiger partial charge in [-0.1, -0.05) is 26.1 Å². The van der Waals surface area contributed by atoms with E-state index in [-0.39, 0.29) is 7.92 Å². The zero-order chi connectivity index (χ0) is 10.5. The summed E-state index contributed by atoms with van der Waals surface area (Å²) in [7, 11) is 0.198. The van der Waals surface area contributed by atoms with Crippen LogP contribution in [0.2, 0.25) is 0 Å². The van der Waals surface area contributed by atoms with Crippen LogP contribution in [-0.2, 0) is 0 Å². The van der Waals surface area contributed by atoms with Crippen LogP contribution in [0.15, 0.2) is 34.7 Å². The quantitative estimate of drug-likeness (QED) is 0.571. The van der Waals surface area contributed by atoms with Crippen molar-refractivity contribution in [3.05, 3.63) is 34.7 Å². The third-order valence-electron chi connectivity index (χ3n) is 4.68. The summed E-state index contributed by atoms with van der Waals surface area (Å²) >= 11 is 0. The first kappa shape index (κ1) is 9.66. The normalized spacial score (nSPS) is 40.5. The van der Waals surface area contributed by atoms with Gasteiger partial charge in [-0.25, -0.2) is 0 Å². The monoisotopic (exact) mass is 230 g/mol. The molecule has 2 unspecified atom stereocenters. The third-order valence-corrected chi connectivity index (χ3v) is 8.17. The van der Waals surface area contributed by atoms with E-state index in [2.05, 4.69) is 18.2 Å². The van der Waals surface area contributed by atoms with Crippen LogP contribution >= 0.6 is 7.92 Å². The third kappa shape index (κ3) is 1.20. The molecule has 1 aliphatic heterocycles. The highest BCUT2D eigenvalue weighted by Crippen LogP contribution is 2.71. The number of fused-ring (bicyclic) bond motifs is 3. The van der Waals surface area contributed by atoms with Crippen molar-refractivity contribution in [1.82, 2.24) is 0 Å². The second-order valence-corrected chi connectivity index (χ2v) is 8.14. The lowest BCUT2D eigenvalue weighted by Gasteiger charge is -2.24. The van der Waals surface area contributed by atoms with Gasteiger partial charge < -0.3 is 0 Å². The minimum absolute atomic E-state index is 0.198. The lowest BCUT2D eigenvalue weighted by Crippen LogP contribution is -2.03. The van der Waals surface area contributed by atoms with Gasteiger partial charge in [0.05, 0.1) is 0 Å². The van der Waals surface area contributed by atoms with E-state index in [0.29, 0.717) is 0 Å². The maximum Gasteiger partial charge on any atom is 0.00869 e. The standard InChI is InChI=1S/C15H19P/c1-2-6-11(5-1)16-14-9-3-7-12(14)13-8-4-10-15(13)16/h5,7-8,14-15H,1-4,6,9-10H2/t14-,15?,16?/m0/s1. The van der Waals surface area contributed by atoms with Gasteiger partial charge in [0.1, 0.15) is 0 Å². The van der Waals surface area contributed by atoms with Gasteiger partial charge in [0.2, 0.25) is 0 Å². The zero-order valence-electron chi connectivity index (χ0n) is 9.78. The van der Waals surface area contributed by atoms with Gasteiger partial charge in [-0.3, -0.25) is 0 Å². The Labute approximate surface area is 99.3 Å². The van der Waals surface area contributed by atoms with Crippen LogP contribution in [0.1, 0.15) is 44.9 Å². The summed E-state index contributed by atoms with van der Waals surface area (Å²) in [5, 5.41) is 1.89. The molecule has 0 saturated carbocycles. The minimum atomic E-state index is 0.198. The Hall–Kier alpha value is -0.350. The molecule has 1 heteroatoms. The average Bonchev–Trinajstić information content (AvgIpc) is 3.00. The van der Waals surface area contributed by atoms with Crippen LogP contribution in [0.3, 0.4) is 0 Å². The molecule has 0 nitrogen and oxygen atoms in total. The SMILES string of the molecule is C1=C2C3=CCC[C@@H]3P(C3=CCCC3)C2CC1. The fourth-order valence-corrected chi connectivity index (χ4v) is 8.03. The molecular formula is C15H19P. The molecule has 1 heterocycles.